The first-order valence-electron chi connectivity index (χ1n) is 7.17. The zero-order valence-corrected chi connectivity index (χ0v) is 13.7. The molecule has 1 atom stereocenters. The molecule has 0 bridgehead atoms. The fourth-order valence-electron chi connectivity index (χ4n) is 2.71. The maximum Gasteiger partial charge on any atom is 0.282 e. The fourth-order valence-corrected chi connectivity index (χ4v) is 3.11. The van der Waals surface area contributed by atoms with Gasteiger partial charge in [-0.25, -0.2) is 0 Å². The number of primary amides is 1. The monoisotopic (exact) mass is 354 g/mol. The van der Waals surface area contributed by atoms with Gasteiger partial charge in [0.25, 0.3) is 5.91 Å². The molecule has 0 saturated carbocycles. The lowest BCUT2D eigenvalue weighted by atomic mass is 9.95. The Morgan fingerprint density at radius 3 is 2.62 bits per heavy atom. The summed E-state index contributed by atoms with van der Waals surface area (Å²) < 4.78 is 0.933. The number of rotatable bonds is 4. The molecular formula is C15H21BrN3O2+. The number of carbonyl (C=O) groups excluding carboxylic acids is 2. The number of anilines is 1. The molecule has 1 heterocycles. The summed E-state index contributed by atoms with van der Waals surface area (Å²) in [5, 5.41) is 2.93. The van der Waals surface area contributed by atoms with Crippen LogP contribution < -0.4 is 16.0 Å². The molecule has 1 aliphatic rings. The SMILES string of the molecule is C[C@@H](C(=O)Nc1cccc(Br)c1)[NH+]1CCC(C(N)=O)CC1. The molecule has 2 rings (SSSR count). The van der Waals surface area contributed by atoms with Gasteiger partial charge in [-0.15, -0.1) is 0 Å². The van der Waals surface area contributed by atoms with E-state index in [0.717, 1.165) is 36.1 Å². The van der Waals surface area contributed by atoms with Crippen molar-refractivity contribution in [2.45, 2.75) is 25.8 Å². The Kier molecular flexibility index (Phi) is 5.36. The van der Waals surface area contributed by atoms with Crippen LogP contribution >= 0.6 is 15.9 Å². The highest BCUT2D eigenvalue weighted by Crippen LogP contribution is 2.15. The minimum atomic E-state index is -0.222. The van der Waals surface area contributed by atoms with Crippen molar-refractivity contribution >= 4 is 33.4 Å². The number of amides is 2. The molecule has 5 nitrogen and oxygen atoms in total. The molecule has 1 fully saturated rings. The van der Waals surface area contributed by atoms with Crippen LogP contribution in [0, 0.1) is 5.92 Å². The predicted molar refractivity (Wildman–Crippen MR) is 84.8 cm³/mol. The summed E-state index contributed by atoms with van der Waals surface area (Å²) in [6, 6.07) is 7.40. The molecule has 1 aromatic rings. The second kappa shape index (κ2) is 7.04. The van der Waals surface area contributed by atoms with Gasteiger partial charge in [-0.3, -0.25) is 9.59 Å². The normalized spacial score (nSPS) is 23.3. The molecule has 0 aliphatic carbocycles. The van der Waals surface area contributed by atoms with Gasteiger partial charge in [0, 0.05) is 28.9 Å². The van der Waals surface area contributed by atoms with Crippen LogP contribution in [-0.2, 0) is 9.59 Å². The quantitative estimate of drug-likeness (QED) is 0.738. The van der Waals surface area contributed by atoms with Crippen LogP contribution in [0.4, 0.5) is 5.69 Å². The molecule has 0 unspecified atom stereocenters. The van der Waals surface area contributed by atoms with Crippen molar-refractivity contribution < 1.29 is 14.5 Å². The summed E-state index contributed by atoms with van der Waals surface area (Å²) in [4.78, 5) is 24.7. The fraction of sp³-hybridized carbons (Fsp3) is 0.467. The first-order valence-corrected chi connectivity index (χ1v) is 7.97. The minimum Gasteiger partial charge on any atom is -0.369 e. The Morgan fingerprint density at radius 1 is 1.38 bits per heavy atom. The standard InChI is InChI=1S/C15H20BrN3O2/c1-10(19-7-5-11(6-8-19)14(17)20)15(21)18-13-4-2-3-12(16)9-13/h2-4,9-11H,5-8H2,1H3,(H2,17,20)(H,18,21)/p+1/t10-/m0/s1. The summed E-state index contributed by atoms with van der Waals surface area (Å²) in [5.74, 6) is -0.255. The van der Waals surface area contributed by atoms with Crippen molar-refractivity contribution in [3.8, 4) is 0 Å². The number of quaternary nitrogens is 1. The van der Waals surface area contributed by atoms with Crippen molar-refractivity contribution in [2.24, 2.45) is 11.7 Å². The highest BCUT2D eigenvalue weighted by molar-refractivity contribution is 9.10. The second-order valence-electron chi connectivity index (χ2n) is 5.56. The van der Waals surface area contributed by atoms with Gasteiger partial charge < -0.3 is 16.0 Å². The highest BCUT2D eigenvalue weighted by atomic mass is 79.9. The van der Waals surface area contributed by atoms with E-state index in [0.29, 0.717) is 0 Å². The maximum atomic E-state index is 12.3. The Bertz CT molecular complexity index is 527. The summed E-state index contributed by atoms with van der Waals surface area (Å²) in [6.45, 7) is 3.54. The van der Waals surface area contributed by atoms with E-state index >= 15 is 0 Å². The lowest BCUT2D eigenvalue weighted by Gasteiger charge is -2.31. The van der Waals surface area contributed by atoms with Gasteiger partial charge in [0.2, 0.25) is 5.91 Å². The van der Waals surface area contributed by atoms with Crippen LogP contribution in [0.15, 0.2) is 28.7 Å². The number of nitrogens with one attached hydrogen (secondary N) is 2. The smallest absolute Gasteiger partial charge is 0.282 e. The van der Waals surface area contributed by atoms with Crippen LogP contribution in [-0.4, -0.2) is 30.9 Å². The second-order valence-corrected chi connectivity index (χ2v) is 6.47. The van der Waals surface area contributed by atoms with E-state index in [1.54, 1.807) is 0 Å². The minimum absolute atomic E-state index is 0.000579. The van der Waals surface area contributed by atoms with Gasteiger partial charge in [0.05, 0.1) is 13.1 Å². The largest absolute Gasteiger partial charge is 0.369 e. The number of hydrogen-bond acceptors (Lipinski definition) is 2. The van der Waals surface area contributed by atoms with Crippen molar-refractivity contribution in [1.29, 1.82) is 0 Å². The molecule has 0 radical (unpaired) electrons. The maximum absolute atomic E-state index is 12.3. The van der Waals surface area contributed by atoms with E-state index in [1.165, 1.54) is 4.90 Å². The average Bonchev–Trinajstić information content (AvgIpc) is 2.46. The zero-order chi connectivity index (χ0) is 15.4. The van der Waals surface area contributed by atoms with Gasteiger partial charge in [-0.1, -0.05) is 22.0 Å². The van der Waals surface area contributed by atoms with Crippen molar-refractivity contribution in [3.05, 3.63) is 28.7 Å². The number of likely N-dealkylation sites (tertiary alicyclic amines) is 1. The topological polar surface area (TPSA) is 76.6 Å². The van der Waals surface area contributed by atoms with Crippen molar-refractivity contribution in [1.82, 2.24) is 0 Å². The summed E-state index contributed by atoms with van der Waals surface area (Å²) in [7, 11) is 0. The number of hydrogen-bond donors (Lipinski definition) is 3. The molecule has 4 N–H and O–H groups in total. The summed E-state index contributed by atoms with van der Waals surface area (Å²) >= 11 is 3.39. The number of piperidine rings is 1. The van der Waals surface area contributed by atoms with Crippen molar-refractivity contribution in [2.75, 3.05) is 18.4 Å². The van der Waals surface area contributed by atoms with Crippen LogP contribution in [0.5, 0.6) is 0 Å². The van der Waals surface area contributed by atoms with Crippen LogP contribution in [0.2, 0.25) is 0 Å². The summed E-state index contributed by atoms with van der Waals surface area (Å²) in [6.07, 6.45) is 1.53. The number of halogens is 1. The molecule has 1 saturated heterocycles. The van der Waals surface area contributed by atoms with Gasteiger partial charge in [-0.05, 0) is 25.1 Å². The number of carbonyl (C=O) groups is 2. The Morgan fingerprint density at radius 2 is 2.05 bits per heavy atom. The lowest BCUT2D eigenvalue weighted by molar-refractivity contribution is -0.919. The Balaban J connectivity index is 1.90. The Hall–Kier alpha value is -1.40. The first-order chi connectivity index (χ1) is 9.97. The number of nitrogens with two attached hydrogens (primary N) is 1. The molecular weight excluding hydrogens is 334 g/mol. The van der Waals surface area contributed by atoms with Gasteiger partial charge in [0.15, 0.2) is 6.04 Å². The first kappa shape index (κ1) is 16.0. The molecule has 1 aliphatic heterocycles. The highest BCUT2D eigenvalue weighted by Gasteiger charge is 2.31. The van der Waals surface area contributed by atoms with E-state index in [1.807, 2.05) is 31.2 Å². The van der Waals surface area contributed by atoms with E-state index in [2.05, 4.69) is 21.2 Å². The molecule has 21 heavy (non-hydrogen) atoms. The van der Waals surface area contributed by atoms with E-state index in [9.17, 15) is 9.59 Å². The third-order valence-corrected chi connectivity index (χ3v) is 4.62. The molecule has 6 heteroatoms. The Labute approximate surface area is 133 Å². The molecule has 0 aromatic heterocycles. The zero-order valence-electron chi connectivity index (χ0n) is 12.1. The molecule has 2 amide bonds. The van der Waals surface area contributed by atoms with Crippen LogP contribution in [0.25, 0.3) is 0 Å². The van der Waals surface area contributed by atoms with Crippen LogP contribution in [0.1, 0.15) is 19.8 Å². The van der Waals surface area contributed by atoms with Crippen LogP contribution in [0.3, 0.4) is 0 Å². The van der Waals surface area contributed by atoms with Gasteiger partial charge in [0.1, 0.15) is 0 Å². The predicted octanol–water partition coefficient (Wildman–Crippen LogP) is 0.556. The third kappa shape index (κ3) is 4.28. The number of benzene rings is 1. The third-order valence-electron chi connectivity index (χ3n) is 4.13. The molecule has 1 aromatic carbocycles. The van der Waals surface area contributed by atoms with Gasteiger partial charge in [-0.2, -0.15) is 0 Å². The van der Waals surface area contributed by atoms with Crippen molar-refractivity contribution in [3.63, 3.8) is 0 Å². The average molecular weight is 355 g/mol. The molecule has 114 valence electrons. The summed E-state index contributed by atoms with van der Waals surface area (Å²) in [5.41, 5.74) is 6.12. The van der Waals surface area contributed by atoms with E-state index < -0.39 is 0 Å². The lowest BCUT2D eigenvalue weighted by Crippen LogP contribution is -3.17. The van der Waals surface area contributed by atoms with E-state index in [-0.39, 0.29) is 23.8 Å². The van der Waals surface area contributed by atoms with E-state index in [4.69, 9.17) is 5.73 Å². The van der Waals surface area contributed by atoms with Gasteiger partial charge >= 0.3 is 0 Å². The molecule has 0 spiro atoms.